The van der Waals surface area contributed by atoms with Gasteiger partial charge in [-0.1, -0.05) is 12.2 Å². The van der Waals surface area contributed by atoms with Crippen LogP contribution < -0.4 is 5.32 Å². The zero-order chi connectivity index (χ0) is 9.10. The first kappa shape index (κ1) is 8.13. The van der Waals surface area contributed by atoms with E-state index < -0.39 is 6.10 Å². The van der Waals surface area contributed by atoms with Gasteiger partial charge in [0.2, 0.25) is 0 Å². The minimum Gasteiger partial charge on any atom is -0.466 e. The maximum atomic E-state index is 9.79. The summed E-state index contributed by atoms with van der Waals surface area (Å²) in [5.74, 6) is 0.581. The van der Waals surface area contributed by atoms with Crippen LogP contribution in [-0.2, 0) is 0 Å². The molecule has 1 aliphatic rings. The summed E-state index contributed by atoms with van der Waals surface area (Å²) >= 11 is 0. The minimum atomic E-state index is -0.629. The van der Waals surface area contributed by atoms with E-state index in [0.29, 0.717) is 5.76 Å². The number of hydrogen-bond donors (Lipinski definition) is 2. The molecule has 0 saturated carbocycles. The number of dihydropyridines is 1. The minimum absolute atomic E-state index is 0.101. The number of rotatable bonds is 2. The lowest BCUT2D eigenvalue weighted by atomic mass is 10.1. The molecule has 0 amide bonds. The summed E-state index contributed by atoms with van der Waals surface area (Å²) in [6.07, 6.45) is 8.40. The molecular weight excluding hydrogens is 166 g/mol. The molecule has 2 rings (SSSR count). The van der Waals surface area contributed by atoms with Crippen molar-refractivity contribution in [2.45, 2.75) is 12.1 Å². The molecule has 2 heterocycles. The highest BCUT2D eigenvalue weighted by Gasteiger charge is 2.19. The van der Waals surface area contributed by atoms with E-state index in [4.69, 9.17) is 4.42 Å². The predicted octanol–water partition coefficient (Wildman–Crippen LogP) is 1.35. The van der Waals surface area contributed by atoms with E-state index in [1.54, 1.807) is 24.6 Å². The quantitative estimate of drug-likeness (QED) is 0.716. The lowest BCUT2D eigenvalue weighted by molar-refractivity contribution is 0.127. The lowest BCUT2D eigenvalue weighted by Crippen LogP contribution is -2.30. The first-order valence-corrected chi connectivity index (χ1v) is 4.19. The van der Waals surface area contributed by atoms with Gasteiger partial charge >= 0.3 is 0 Å². The van der Waals surface area contributed by atoms with E-state index in [0.717, 1.165) is 0 Å². The number of hydrogen-bond acceptors (Lipinski definition) is 3. The second-order valence-corrected chi connectivity index (χ2v) is 2.90. The van der Waals surface area contributed by atoms with Gasteiger partial charge in [0.1, 0.15) is 11.9 Å². The monoisotopic (exact) mass is 177 g/mol. The third kappa shape index (κ3) is 1.65. The van der Waals surface area contributed by atoms with E-state index in [9.17, 15) is 5.11 Å². The smallest absolute Gasteiger partial charge is 0.135 e. The fourth-order valence-corrected chi connectivity index (χ4v) is 1.29. The molecule has 0 fully saturated rings. The Morgan fingerprint density at radius 2 is 2.38 bits per heavy atom. The van der Waals surface area contributed by atoms with Crippen LogP contribution >= 0.6 is 0 Å². The first-order valence-electron chi connectivity index (χ1n) is 4.19. The molecule has 0 radical (unpaired) electrons. The van der Waals surface area contributed by atoms with E-state index in [-0.39, 0.29) is 6.04 Å². The van der Waals surface area contributed by atoms with Crippen molar-refractivity contribution in [1.29, 1.82) is 0 Å². The molecule has 2 unspecified atom stereocenters. The van der Waals surface area contributed by atoms with Crippen molar-refractivity contribution in [3.63, 3.8) is 0 Å². The summed E-state index contributed by atoms with van der Waals surface area (Å²) in [6, 6.07) is 3.43. The molecule has 2 N–H and O–H groups in total. The fraction of sp³-hybridized carbons (Fsp3) is 0.200. The Hall–Kier alpha value is -1.48. The number of nitrogens with one attached hydrogen (secondary N) is 1. The van der Waals surface area contributed by atoms with Gasteiger partial charge in [-0.05, 0) is 24.4 Å². The maximum absolute atomic E-state index is 9.79. The Labute approximate surface area is 76.4 Å². The standard InChI is InChI=1S/C10H11NO2/c12-10(9-5-3-7-13-9)8-4-1-2-6-11-8/h1-8,10-12H. The Morgan fingerprint density at radius 3 is 3.00 bits per heavy atom. The molecule has 1 aliphatic heterocycles. The van der Waals surface area contributed by atoms with E-state index >= 15 is 0 Å². The fourth-order valence-electron chi connectivity index (χ4n) is 1.29. The van der Waals surface area contributed by atoms with Crippen LogP contribution in [0.15, 0.2) is 47.2 Å². The number of aliphatic hydroxyl groups is 1. The number of aliphatic hydroxyl groups excluding tert-OH is 1. The number of allylic oxidation sites excluding steroid dienone is 2. The molecule has 0 aliphatic carbocycles. The van der Waals surface area contributed by atoms with Gasteiger partial charge in [-0.3, -0.25) is 0 Å². The molecule has 0 bridgehead atoms. The summed E-state index contributed by atoms with van der Waals surface area (Å²) in [6.45, 7) is 0. The molecule has 68 valence electrons. The van der Waals surface area contributed by atoms with Gasteiger partial charge in [0.25, 0.3) is 0 Å². The highest BCUT2D eigenvalue weighted by Crippen LogP contribution is 2.18. The van der Waals surface area contributed by atoms with E-state index in [1.807, 2.05) is 18.2 Å². The Balaban J connectivity index is 2.09. The topological polar surface area (TPSA) is 45.4 Å². The Morgan fingerprint density at radius 1 is 1.46 bits per heavy atom. The average Bonchev–Trinajstić information content (AvgIpc) is 2.71. The molecule has 2 atom stereocenters. The number of furan rings is 1. The van der Waals surface area contributed by atoms with Gasteiger partial charge in [0.05, 0.1) is 12.3 Å². The van der Waals surface area contributed by atoms with Crippen LogP contribution in [0.1, 0.15) is 11.9 Å². The van der Waals surface area contributed by atoms with Crippen LogP contribution in [0, 0.1) is 0 Å². The van der Waals surface area contributed by atoms with Crippen LogP contribution in [0.25, 0.3) is 0 Å². The van der Waals surface area contributed by atoms with Gasteiger partial charge < -0.3 is 14.8 Å². The van der Waals surface area contributed by atoms with Gasteiger partial charge in [0, 0.05) is 0 Å². The van der Waals surface area contributed by atoms with E-state index in [2.05, 4.69) is 5.32 Å². The van der Waals surface area contributed by atoms with E-state index in [1.165, 1.54) is 0 Å². The van der Waals surface area contributed by atoms with Gasteiger partial charge in [-0.25, -0.2) is 0 Å². The lowest BCUT2D eigenvalue weighted by Gasteiger charge is -2.19. The summed E-state index contributed by atoms with van der Waals surface area (Å²) in [5, 5.41) is 12.8. The molecule has 3 heteroatoms. The predicted molar refractivity (Wildman–Crippen MR) is 48.9 cm³/mol. The maximum Gasteiger partial charge on any atom is 0.135 e. The van der Waals surface area contributed by atoms with Crippen molar-refractivity contribution in [1.82, 2.24) is 5.32 Å². The third-order valence-electron chi connectivity index (χ3n) is 1.99. The first-order chi connectivity index (χ1) is 6.38. The SMILES string of the molecule is OC(c1ccco1)C1C=CC=CN1. The van der Waals surface area contributed by atoms with Gasteiger partial charge in [-0.2, -0.15) is 0 Å². The molecule has 13 heavy (non-hydrogen) atoms. The van der Waals surface area contributed by atoms with Crippen molar-refractivity contribution in [2.75, 3.05) is 0 Å². The zero-order valence-electron chi connectivity index (χ0n) is 7.05. The van der Waals surface area contributed by atoms with Crippen LogP contribution in [-0.4, -0.2) is 11.1 Å². The van der Waals surface area contributed by atoms with Crippen molar-refractivity contribution < 1.29 is 9.52 Å². The third-order valence-corrected chi connectivity index (χ3v) is 1.99. The Kier molecular flexibility index (Phi) is 2.19. The van der Waals surface area contributed by atoms with Crippen LogP contribution in [0.4, 0.5) is 0 Å². The van der Waals surface area contributed by atoms with Gasteiger partial charge in [-0.15, -0.1) is 0 Å². The molecule has 3 nitrogen and oxygen atoms in total. The molecule has 0 aromatic carbocycles. The highest BCUT2D eigenvalue weighted by atomic mass is 16.4. The van der Waals surface area contributed by atoms with Crippen molar-refractivity contribution >= 4 is 0 Å². The van der Waals surface area contributed by atoms with Crippen LogP contribution in [0.2, 0.25) is 0 Å². The van der Waals surface area contributed by atoms with Crippen molar-refractivity contribution in [3.8, 4) is 0 Å². The molecule has 0 spiro atoms. The molecule has 1 aromatic rings. The molecule has 0 saturated heterocycles. The second-order valence-electron chi connectivity index (χ2n) is 2.90. The summed E-state index contributed by atoms with van der Waals surface area (Å²) in [5.41, 5.74) is 0. The largest absolute Gasteiger partial charge is 0.466 e. The Bertz CT molecular complexity index is 314. The summed E-state index contributed by atoms with van der Waals surface area (Å²) < 4.78 is 5.10. The van der Waals surface area contributed by atoms with Crippen LogP contribution in [0.3, 0.4) is 0 Å². The zero-order valence-corrected chi connectivity index (χ0v) is 7.05. The molecular formula is C10H11NO2. The average molecular weight is 177 g/mol. The van der Waals surface area contributed by atoms with Crippen LogP contribution in [0.5, 0.6) is 0 Å². The summed E-state index contributed by atoms with van der Waals surface area (Å²) in [7, 11) is 0. The molecule has 1 aromatic heterocycles. The second kappa shape index (κ2) is 3.49. The summed E-state index contributed by atoms with van der Waals surface area (Å²) in [4.78, 5) is 0. The van der Waals surface area contributed by atoms with Crippen molar-refractivity contribution in [2.24, 2.45) is 0 Å². The van der Waals surface area contributed by atoms with Gasteiger partial charge in [0.15, 0.2) is 0 Å². The normalized spacial score (nSPS) is 22.7. The van der Waals surface area contributed by atoms with Crippen molar-refractivity contribution in [3.05, 3.63) is 48.6 Å². The highest BCUT2D eigenvalue weighted by molar-refractivity contribution is 5.17.